The van der Waals surface area contributed by atoms with Gasteiger partial charge in [0.1, 0.15) is 0 Å². The van der Waals surface area contributed by atoms with Crippen LogP contribution in [0.15, 0.2) is 0 Å². The van der Waals surface area contributed by atoms with Gasteiger partial charge in [0.15, 0.2) is 0 Å². The van der Waals surface area contributed by atoms with Crippen LogP contribution in [0.2, 0.25) is 0 Å². The number of hydrogen-bond donors (Lipinski definition) is 2. The van der Waals surface area contributed by atoms with Gasteiger partial charge in [-0.05, 0) is 37.6 Å². The summed E-state index contributed by atoms with van der Waals surface area (Å²) in [7, 11) is 0. The average Bonchev–Trinajstić information content (AvgIpc) is 2.48. The number of ether oxygens (including phenoxy) is 1. The van der Waals surface area contributed by atoms with Crippen LogP contribution in [-0.2, 0) is 4.74 Å². The van der Waals surface area contributed by atoms with E-state index in [0.717, 1.165) is 12.5 Å². The van der Waals surface area contributed by atoms with Crippen LogP contribution < -0.4 is 5.32 Å². The molecule has 0 aromatic rings. The Morgan fingerprint density at radius 3 is 2.67 bits per heavy atom. The number of aliphatic hydroxyl groups is 1. The summed E-state index contributed by atoms with van der Waals surface area (Å²) >= 11 is 0. The fraction of sp³-hybridized carbons (Fsp3) is 1.00. The molecule has 0 aromatic heterocycles. The lowest BCUT2D eigenvalue weighted by atomic mass is 9.85. The molecule has 1 rings (SSSR count). The number of aliphatic hydroxyl groups excluding tert-OH is 1. The van der Waals surface area contributed by atoms with Gasteiger partial charge >= 0.3 is 0 Å². The summed E-state index contributed by atoms with van der Waals surface area (Å²) in [4.78, 5) is 0. The molecule has 0 spiro atoms. The third-order valence-corrected chi connectivity index (χ3v) is 4.63. The highest BCUT2D eigenvalue weighted by Gasteiger charge is 2.24. The van der Waals surface area contributed by atoms with Gasteiger partial charge in [-0.25, -0.2) is 0 Å². The quantitative estimate of drug-likeness (QED) is 0.571. The fourth-order valence-corrected chi connectivity index (χ4v) is 3.22. The van der Waals surface area contributed by atoms with E-state index in [1.54, 1.807) is 0 Å². The molecule has 2 N–H and O–H groups in total. The van der Waals surface area contributed by atoms with Crippen molar-refractivity contribution in [2.24, 2.45) is 11.8 Å². The Morgan fingerprint density at radius 2 is 1.95 bits per heavy atom. The molecule has 0 aliphatic heterocycles. The molecule has 126 valence electrons. The van der Waals surface area contributed by atoms with E-state index in [1.807, 2.05) is 0 Å². The van der Waals surface area contributed by atoms with E-state index in [9.17, 15) is 5.11 Å². The predicted molar refractivity (Wildman–Crippen MR) is 89.6 cm³/mol. The Kier molecular flexibility index (Phi) is 10.3. The second-order valence-electron chi connectivity index (χ2n) is 7.07. The third kappa shape index (κ3) is 8.80. The highest BCUT2D eigenvalue weighted by molar-refractivity contribution is 4.75. The molecule has 21 heavy (non-hydrogen) atoms. The molecule has 3 nitrogen and oxygen atoms in total. The van der Waals surface area contributed by atoms with Gasteiger partial charge in [0.05, 0.1) is 18.8 Å². The second kappa shape index (κ2) is 11.4. The lowest BCUT2D eigenvalue weighted by Gasteiger charge is -2.31. The van der Waals surface area contributed by atoms with Gasteiger partial charge in [0.2, 0.25) is 0 Å². The Balaban J connectivity index is 2.01. The summed E-state index contributed by atoms with van der Waals surface area (Å²) in [5.74, 6) is 1.50. The van der Waals surface area contributed by atoms with E-state index in [0.29, 0.717) is 25.2 Å². The zero-order valence-electron chi connectivity index (χ0n) is 14.4. The Bertz CT molecular complexity index is 245. The monoisotopic (exact) mass is 299 g/mol. The zero-order valence-corrected chi connectivity index (χ0v) is 14.4. The van der Waals surface area contributed by atoms with Crippen LogP contribution in [0.25, 0.3) is 0 Å². The van der Waals surface area contributed by atoms with Gasteiger partial charge in [0, 0.05) is 6.54 Å². The minimum Gasteiger partial charge on any atom is -0.389 e. The van der Waals surface area contributed by atoms with Gasteiger partial charge in [-0.2, -0.15) is 0 Å². The van der Waals surface area contributed by atoms with Crippen molar-refractivity contribution in [3.8, 4) is 0 Å². The van der Waals surface area contributed by atoms with Crippen LogP contribution in [0.4, 0.5) is 0 Å². The number of unbranched alkanes of at least 4 members (excludes halogenated alkanes) is 1. The van der Waals surface area contributed by atoms with E-state index in [-0.39, 0.29) is 6.10 Å². The van der Waals surface area contributed by atoms with E-state index in [4.69, 9.17) is 4.74 Å². The summed E-state index contributed by atoms with van der Waals surface area (Å²) in [6.45, 7) is 8.93. The van der Waals surface area contributed by atoms with Crippen molar-refractivity contribution in [1.29, 1.82) is 0 Å². The van der Waals surface area contributed by atoms with Gasteiger partial charge in [-0.1, -0.05) is 52.9 Å². The first kappa shape index (κ1) is 18.9. The molecule has 1 aliphatic rings. The maximum absolute atomic E-state index is 10.00. The van der Waals surface area contributed by atoms with E-state index < -0.39 is 0 Å². The normalized spacial score (nSPS) is 24.4. The average molecular weight is 299 g/mol. The SMILES string of the molecule is CCC1CCCCC1OCC(O)CNCCCCC(C)C. The maximum Gasteiger partial charge on any atom is 0.0897 e. The smallest absolute Gasteiger partial charge is 0.0897 e. The third-order valence-electron chi connectivity index (χ3n) is 4.63. The summed E-state index contributed by atoms with van der Waals surface area (Å²) in [6.07, 6.45) is 10.1. The highest BCUT2D eigenvalue weighted by Crippen LogP contribution is 2.29. The van der Waals surface area contributed by atoms with Crippen LogP contribution in [0.1, 0.15) is 72.1 Å². The highest BCUT2D eigenvalue weighted by atomic mass is 16.5. The molecule has 3 atom stereocenters. The summed E-state index contributed by atoms with van der Waals surface area (Å²) in [5.41, 5.74) is 0. The van der Waals surface area contributed by atoms with Crippen molar-refractivity contribution in [3.05, 3.63) is 0 Å². The first-order valence-electron chi connectivity index (χ1n) is 9.13. The van der Waals surface area contributed by atoms with Gasteiger partial charge in [-0.3, -0.25) is 0 Å². The molecule has 0 heterocycles. The lowest BCUT2D eigenvalue weighted by Crippen LogP contribution is -2.35. The minimum atomic E-state index is -0.366. The van der Waals surface area contributed by atoms with Crippen LogP contribution in [0.3, 0.4) is 0 Å². The molecule has 0 amide bonds. The number of hydrogen-bond acceptors (Lipinski definition) is 3. The first-order valence-corrected chi connectivity index (χ1v) is 9.13. The van der Waals surface area contributed by atoms with Crippen molar-refractivity contribution in [1.82, 2.24) is 5.32 Å². The predicted octanol–water partition coefficient (Wildman–Crippen LogP) is 3.75. The van der Waals surface area contributed by atoms with Crippen LogP contribution in [0, 0.1) is 11.8 Å². The Morgan fingerprint density at radius 1 is 1.19 bits per heavy atom. The number of rotatable bonds is 11. The van der Waals surface area contributed by atoms with E-state index in [1.165, 1.54) is 51.4 Å². The second-order valence-corrected chi connectivity index (χ2v) is 7.07. The standard InChI is InChI=1S/C18H37NO2/c1-4-16-10-5-6-11-18(16)21-14-17(20)13-19-12-8-7-9-15(2)3/h15-20H,4-14H2,1-3H3. The molecule has 1 aliphatic carbocycles. The molecule has 0 saturated heterocycles. The number of nitrogens with one attached hydrogen (secondary N) is 1. The summed E-state index contributed by atoms with van der Waals surface area (Å²) < 4.78 is 5.97. The van der Waals surface area contributed by atoms with Crippen LogP contribution in [-0.4, -0.2) is 37.0 Å². The fourth-order valence-electron chi connectivity index (χ4n) is 3.22. The Labute approximate surface area is 131 Å². The molecule has 1 saturated carbocycles. The van der Waals surface area contributed by atoms with Crippen molar-refractivity contribution in [3.63, 3.8) is 0 Å². The molecule has 0 radical (unpaired) electrons. The Hall–Kier alpha value is -0.120. The lowest BCUT2D eigenvalue weighted by molar-refractivity contribution is -0.0498. The van der Waals surface area contributed by atoms with Crippen molar-refractivity contribution >= 4 is 0 Å². The van der Waals surface area contributed by atoms with Crippen molar-refractivity contribution < 1.29 is 9.84 Å². The first-order chi connectivity index (χ1) is 10.1. The molecule has 1 fully saturated rings. The van der Waals surface area contributed by atoms with E-state index in [2.05, 4.69) is 26.1 Å². The molecule has 0 aromatic carbocycles. The van der Waals surface area contributed by atoms with Crippen LogP contribution >= 0.6 is 0 Å². The molecule has 3 heteroatoms. The molecular weight excluding hydrogens is 262 g/mol. The topological polar surface area (TPSA) is 41.5 Å². The van der Waals surface area contributed by atoms with Crippen LogP contribution in [0.5, 0.6) is 0 Å². The zero-order chi connectivity index (χ0) is 15.5. The van der Waals surface area contributed by atoms with Gasteiger partial charge in [0.25, 0.3) is 0 Å². The minimum absolute atomic E-state index is 0.366. The molecule has 0 bridgehead atoms. The van der Waals surface area contributed by atoms with Gasteiger partial charge in [-0.15, -0.1) is 0 Å². The van der Waals surface area contributed by atoms with Gasteiger partial charge < -0.3 is 15.2 Å². The van der Waals surface area contributed by atoms with E-state index >= 15 is 0 Å². The molecular formula is C18H37NO2. The van der Waals surface area contributed by atoms with Crippen molar-refractivity contribution in [2.45, 2.75) is 84.3 Å². The largest absolute Gasteiger partial charge is 0.389 e. The van der Waals surface area contributed by atoms with Crippen molar-refractivity contribution in [2.75, 3.05) is 19.7 Å². The maximum atomic E-state index is 10.00. The summed E-state index contributed by atoms with van der Waals surface area (Å²) in [6, 6.07) is 0. The molecule has 3 unspecified atom stereocenters. The summed E-state index contributed by atoms with van der Waals surface area (Å²) in [5, 5.41) is 13.3.